The summed E-state index contributed by atoms with van der Waals surface area (Å²) in [6.07, 6.45) is 2.55. The summed E-state index contributed by atoms with van der Waals surface area (Å²) in [5.74, 6) is 0.181. The molecule has 3 heterocycles. The Morgan fingerprint density at radius 2 is 1.58 bits per heavy atom. The van der Waals surface area contributed by atoms with Gasteiger partial charge in [0.2, 0.25) is 5.95 Å². The van der Waals surface area contributed by atoms with Crippen LogP contribution in [-0.2, 0) is 9.59 Å². The maximum atomic E-state index is 12.1. The van der Waals surface area contributed by atoms with Gasteiger partial charge in [-0.25, -0.2) is 9.88 Å². The maximum absolute atomic E-state index is 12.1. The van der Waals surface area contributed by atoms with Crippen LogP contribution in [0.5, 0.6) is 0 Å². The van der Waals surface area contributed by atoms with Gasteiger partial charge in [0.1, 0.15) is 0 Å². The summed E-state index contributed by atoms with van der Waals surface area (Å²) in [6, 6.07) is 7.44. The van der Waals surface area contributed by atoms with Gasteiger partial charge in [-0.15, -0.1) is 0 Å². The molecule has 0 aliphatic carbocycles. The minimum absolute atomic E-state index is 0.356. The number of amides is 2. The van der Waals surface area contributed by atoms with Gasteiger partial charge in [-0.05, 0) is 19.2 Å². The molecule has 7 nitrogen and oxygen atoms in total. The molecule has 2 amide bonds. The zero-order chi connectivity index (χ0) is 16.7. The molecule has 4 rings (SSSR count). The van der Waals surface area contributed by atoms with Gasteiger partial charge < -0.3 is 9.80 Å². The average Bonchev–Trinajstić information content (AvgIpc) is 2.93. The summed E-state index contributed by atoms with van der Waals surface area (Å²) in [6.45, 7) is 3.48. The van der Waals surface area contributed by atoms with E-state index in [9.17, 15) is 9.59 Å². The van der Waals surface area contributed by atoms with Crippen molar-refractivity contribution in [3.63, 3.8) is 0 Å². The van der Waals surface area contributed by atoms with Crippen LogP contribution < -0.4 is 9.80 Å². The van der Waals surface area contributed by atoms with Crippen LogP contribution in [0.4, 0.5) is 11.8 Å². The van der Waals surface area contributed by atoms with Crippen molar-refractivity contribution in [2.24, 2.45) is 0 Å². The first-order valence-electron chi connectivity index (χ1n) is 7.90. The Bertz CT molecular complexity index is 837. The van der Waals surface area contributed by atoms with Crippen LogP contribution in [0.25, 0.3) is 10.9 Å². The van der Waals surface area contributed by atoms with E-state index in [2.05, 4.69) is 26.8 Å². The van der Waals surface area contributed by atoms with Crippen molar-refractivity contribution in [1.29, 1.82) is 0 Å². The fraction of sp³-hybridized carbons (Fsp3) is 0.294. The monoisotopic (exact) mass is 323 g/mol. The van der Waals surface area contributed by atoms with E-state index in [1.165, 1.54) is 12.2 Å². The van der Waals surface area contributed by atoms with E-state index in [0.717, 1.165) is 36.6 Å². The molecule has 1 saturated heterocycles. The molecule has 0 N–H and O–H groups in total. The number of aromatic nitrogens is 2. The summed E-state index contributed by atoms with van der Waals surface area (Å²) in [7, 11) is 2.08. The molecule has 122 valence electrons. The highest BCUT2D eigenvalue weighted by molar-refractivity contribution is 6.29. The first-order chi connectivity index (χ1) is 11.6. The first-order valence-corrected chi connectivity index (χ1v) is 7.90. The van der Waals surface area contributed by atoms with Gasteiger partial charge in [0.05, 0.1) is 5.52 Å². The van der Waals surface area contributed by atoms with Gasteiger partial charge in [-0.3, -0.25) is 9.59 Å². The van der Waals surface area contributed by atoms with Crippen LogP contribution in [0.2, 0.25) is 0 Å². The number of fused-ring (bicyclic) bond motifs is 1. The van der Waals surface area contributed by atoms with Crippen molar-refractivity contribution in [2.45, 2.75) is 0 Å². The van der Waals surface area contributed by atoms with Gasteiger partial charge in [0.15, 0.2) is 5.82 Å². The van der Waals surface area contributed by atoms with Crippen LogP contribution in [0.3, 0.4) is 0 Å². The largest absolute Gasteiger partial charge is 0.338 e. The molecule has 0 spiro atoms. The minimum Gasteiger partial charge on any atom is -0.338 e. The van der Waals surface area contributed by atoms with Crippen LogP contribution >= 0.6 is 0 Å². The molecule has 2 aliphatic rings. The summed E-state index contributed by atoms with van der Waals surface area (Å²) >= 11 is 0. The molecular formula is C17H17N5O2. The van der Waals surface area contributed by atoms with E-state index in [1.54, 1.807) is 0 Å². The molecule has 0 bridgehead atoms. The lowest BCUT2D eigenvalue weighted by Gasteiger charge is -2.32. The third kappa shape index (κ3) is 2.43. The van der Waals surface area contributed by atoms with Crippen LogP contribution in [0.15, 0.2) is 36.4 Å². The molecule has 1 fully saturated rings. The third-order valence-electron chi connectivity index (χ3n) is 4.38. The standard InChI is InChI=1S/C17H17N5O2/c1-20-8-10-21(11-9-20)17-18-13-5-3-2-4-12(13)16(19-17)22-14(23)6-7-15(22)24/h2-7H,8-11H2,1H3. The number of piperazine rings is 1. The molecule has 7 heteroatoms. The van der Waals surface area contributed by atoms with E-state index >= 15 is 0 Å². The van der Waals surface area contributed by atoms with E-state index in [-0.39, 0.29) is 11.8 Å². The highest BCUT2D eigenvalue weighted by Gasteiger charge is 2.29. The number of rotatable bonds is 2. The number of likely N-dealkylation sites (N-methyl/N-ethyl adjacent to an activating group) is 1. The fourth-order valence-electron chi connectivity index (χ4n) is 2.98. The Hall–Kier alpha value is -2.80. The van der Waals surface area contributed by atoms with Gasteiger partial charge in [-0.2, -0.15) is 4.98 Å². The van der Waals surface area contributed by atoms with Gasteiger partial charge >= 0.3 is 0 Å². The number of carbonyl (C=O) groups excluding carboxylic acids is 2. The topological polar surface area (TPSA) is 69.6 Å². The second-order valence-corrected chi connectivity index (χ2v) is 6.00. The molecule has 1 aromatic heterocycles. The Labute approximate surface area is 139 Å². The van der Waals surface area contributed by atoms with Crippen molar-refractivity contribution in [2.75, 3.05) is 43.0 Å². The molecular weight excluding hydrogens is 306 g/mol. The summed E-state index contributed by atoms with van der Waals surface area (Å²) in [5, 5.41) is 0.695. The lowest BCUT2D eigenvalue weighted by molar-refractivity contribution is -0.120. The number of para-hydroxylation sites is 1. The Kier molecular flexibility index (Phi) is 3.50. The van der Waals surface area contributed by atoms with Gasteiger partial charge in [-0.1, -0.05) is 12.1 Å². The van der Waals surface area contributed by atoms with Crippen LogP contribution in [0, 0.1) is 0 Å². The maximum Gasteiger partial charge on any atom is 0.259 e. The van der Waals surface area contributed by atoms with Crippen LogP contribution in [-0.4, -0.2) is 59.9 Å². The quantitative estimate of drug-likeness (QED) is 0.762. The Morgan fingerprint density at radius 3 is 2.29 bits per heavy atom. The summed E-state index contributed by atoms with van der Waals surface area (Å²) < 4.78 is 0. The number of nitrogens with zero attached hydrogens (tertiary/aromatic N) is 5. The minimum atomic E-state index is -0.367. The van der Waals surface area contributed by atoms with E-state index in [4.69, 9.17) is 0 Å². The average molecular weight is 323 g/mol. The predicted octanol–water partition coefficient (Wildman–Crippen LogP) is 0.811. The highest BCUT2D eigenvalue weighted by Crippen LogP contribution is 2.28. The number of anilines is 2. The normalized spacial score (nSPS) is 18.9. The second kappa shape index (κ2) is 5.68. The number of imide groups is 1. The molecule has 0 saturated carbocycles. The molecule has 24 heavy (non-hydrogen) atoms. The molecule has 0 radical (unpaired) electrons. The first kappa shape index (κ1) is 14.8. The number of benzene rings is 1. The van der Waals surface area contributed by atoms with E-state index < -0.39 is 0 Å². The highest BCUT2D eigenvalue weighted by atomic mass is 16.2. The summed E-state index contributed by atoms with van der Waals surface area (Å²) in [5.41, 5.74) is 0.726. The van der Waals surface area contributed by atoms with Crippen molar-refractivity contribution >= 4 is 34.5 Å². The lowest BCUT2D eigenvalue weighted by Crippen LogP contribution is -2.45. The van der Waals surface area contributed by atoms with E-state index in [0.29, 0.717) is 17.2 Å². The number of carbonyl (C=O) groups is 2. The Morgan fingerprint density at radius 1 is 0.917 bits per heavy atom. The second-order valence-electron chi connectivity index (χ2n) is 6.00. The summed E-state index contributed by atoms with van der Waals surface area (Å²) in [4.78, 5) is 38.9. The zero-order valence-corrected chi connectivity index (χ0v) is 13.3. The predicted molar refractivity (Wildman–Crippen MR) is 90.9 cm³/mol. The molecule has 0 unspecified atom stereocenters. The number of hydrogen-bond donors (Lipinski definition) is 0. The zero-order valence-electron chi connectivity index (χ0n) is 13.3. The smallest absolute Gasteiger partial charge is 0.259 e. The third-order valence-corrected chi connectivity index (χ3v) is 4.38. The molecule has 2 aliphatic heterocycles. The van der Waals surface area contributed by atoms with E-state index in [1.807, 2.05) is 24.3 Å². The van der Waals surface area contributed by atoms with Crippen molar-refractivity contribution in [1.82, 2.24) is 14.9 Å². The fourth-order valence-corrected chi connectivity index (χ4v) is 2.98. The Balaban J connectivity index is 1.82. The lowest BCUT2D eigenvalue weighted by atomic mass is 10.2. The van der Waals surface area contributed by atoms with Crippen molar-refractivity contribution in [3.05, 3.63) is 36.4 Å². The molecule has 2 aromatic rings. The van der Waals surface area contributed by atoms with Crippen molar-refractivity contribution in [3.8, 4) is 0 Å². The van der Waals surface area contributed by atoms with Gasteiger partial charge in [0, 0.05) is 43.7 Å². The SMILES string of the molecule is CN1CCN(c2nc(N3C(=O)C=CC3=O)c3ccccc3n2)CC1. The van der Waals surface area contributed by atoms with Crippen molar-refractivity contribution < 1.29 is 9.59 Å². The molecule has 1 aromatic carbocycles. The van der Waals surface area contributed by atoms with Gasteiger partial charge in [0.25, 0.3) is 11.8 Å². The molecule has 0 atom stereocenters. The van der Waals surface area contributed by atoms with Crippen LogP contribution in [0.1, 0.15) is 0 Å². The number of hydrogen-bond acceptors (Lipinski definition) is 6.